The van der Waals surface area contributed by atoms with Gasteiger partial charge in [-0.25, -0.2) is 23.1 Å². The lowest BCUT2D eigenvalue weighted by Crippen LogP contribution is -2.26. The fraction of sp³-hybridized carbons (Fsp3) is 0.273. The molecule has 108 valence electrons. The molecule has 0 aliphatic heterocycles. The van der Waals surface area contributed by atoms with Crippen molar-refractivity contribution in [1.29, 1.82) is 0 Å². The van der Waals surface area contributed by atoms with Crippen LogP contribution < -0.4 is 10.5 Å². The SMILES string of the molecule is Cc1nc(CCNS(=O)(=O)c2cnc(N)c(Cl)c2)cs1. The molecule has 0 radical (unpaired) electrons. The lowest BCUT2D eigenvalue weighted by atomic mass is 10.3. The Morgan fingerprint density at radius 2 is 2.25 bits per heavy atom. The van der Waals surface area contributed by atoms with E-state index in [4.69, 9.17) is 17.3 Å². The van der Waals surface area contributed by atoms with Crippen molar-refractivity contribution >= 4 is 38.8 Å². The first-order valence-corrected chi connectivity index (χ1v) is 8.44. The van der Waals surface area contributed by atoms with E-state index >= 15 is 0 Å². The van der Waals surface area contributed by atoms with Gasteiger partial charge in [0.1, 0.15) is 10.7 Å². The number of aryl methyl sites for hydroxylation is 1. The van der Waals surface area contributed by atoms with Crippen LogP contribution in [-0.4, -0.2) is 24.9 Å². The van der Waals surface area contributed by atoms with Gasteiger partial charge in [-0.3, -0.25) is 0 Å². The topological polar surface area (TPSA) is 98.0 Å². The number of nitrogens with two attached hydrogens (primary N) is 1. The highest BCUT2D eigenvalue weighted by Crippen LogP contribution is 2.19. The molecule has 2 heterocycles. The molecule has 20 heavy (non-hydrogen) atoms. The molecular formula is C11H13ClN4O2S2. The Morgan fingerprint density at radius 1 is 1.50 bits per heavy atom. The highest BCUT2D eigenvalue weighted by Gasteiger charge is 2.15. The summed E-state index contributed by atoms with van der Waals surface area (Å²) in [5, 5.41) is 2.98. The molecule has 0 fully saturated rings. The fourth-order valence-corrected chi connectivity index (χ4v) is 3.38. The standard InChI is InChI=1S/C11H13ClN4O2S2/c1-7-16-8(6-19-7)2-3-15-20(17,18)9-4-10(12)11(13)14-5-9/h4-6,15H,2-3H2,1H3,(H2,13,14). The van der Waals surface area contributed by atoms with Crippen LogP contribution in [0.3, 0.4) is 0 Å². The van der Waals surface area contributed by atoms with Crippen molar-refractivity contribution < 1.29 is 8.42 Å². The number of halogens is 1. The van der Waals surface area contributed by atoms with E-state index in [0.29, 0.717) is 6.42 Å². The van der Waals surface area contributed by atoms with E-state index in [2.05, 4.69) is 14.7 Å². The molecule has 0 bridgehead atoms. The van der Waals surface area contributed by atoms with Crippen LogP contribution in [0.1, 0.15) is 10.7 Å². The quantitative estimate of drug-likeness (QED) is 0.866. The van der Waals surface area contributed by atoms with Crippen molar-refractivity contribution in [1.82, 2.24) is 14.7 Å². The number of nitrogen functional groups attached to an aromatic ring is 1. The Kier molecular flexibility index (Phi) is 4.59. The molecule has 0 aliphatic rings. The summed E-state index contributed by atoms with van der Waals surface area (Å²) in [6, 6.07) is 1.28. The van der Waals surface area contributed by atoms with Gasteiger partial charge >= 0.3 is 0 Å². The van der Waals surface area contributed by atoms with Gasteiger partial charge in [0.2, 0.25) is 10.0 Å². The number of hydrogen-bond acceptors (Lipinski definition) is 6. The number of pyridine rings is 1. The van der Waals surface area contributed by atoms with Crippen LogP contribution in [0.4, 0.5) is 5.82 Å². The zero-order chi connectivity index (χ0) is 14.8. The van der Waals surface area contributed by atoms with Gasteiger partial charge in [0, 0.05) is 24.5 Å². The molecule has 0 saturated heterocycles. The average molecular weight is 333 g/mol. The first-order chi connectivity index (χ1) is 9.38. The zero-order valence-electron chi connectivity index (χ0n) is 10.6. The van der Waals surface area contributed by atoms with E-state index in [1.807, 2.05) is 12.3 Å². The largest absolute Gasteiger partial charge is 0.382 e. The van der Waals surface area contributed by atoms with E-state index in [0.717, 1.165) is 10.7 Å². The van der Waals surface area contributed by atoms with Crippen molar-refractivity contribution in [2.45, 2.75) is 18.2 Å². The Morgan fingerprint density at radius 3 is 2.85 bits per heavy atom. The van der Waals surface area contributed by atoms with E-state index in [1.54, 1.807) is 0 Å². The maximum atomic E-state index is 12.0. The Bertz CT molecular complexity index is 715. The van der Waals surface area contributed by atoms with Gasteiger partial charge in [-0.1, -0.05) is 11.6 Å². The summed E-state index contributed by atoms with van der Waals surface area (Å²) in [6.07, 6.45) is 1.70. The van der Waals surface area contributed by atoms with Gasteiger partial charge in [0.05, 0.1) is 15.7 Å². The highest BCUT2D eigenvalue weighted by atomic mass is 35.5. The maximum absolute atomic E-state index is 12.0. The maximum Gasteiger partial charge on any atom is 0.242 e. The van der Waals surface area contributed by atoms with Crippen molar-refractivity contribution in [2.75, 3.05) is 12.3 Å². The number of thiazole rings is 1. The molecule has 0 unspecified atom stereocenters. The van der Waals surface area contributed by atoms with Gasteiger partial charge in [-0.05, 0) is 13.0 Å². The third kappa shape index (κ3) is 3.66. The molecule has 2 aromatic rings. The summed E-state index contributed by atoms with van der Waals surface area (Å²) < 4.78 is 26.5. The van der Waals surface area contributed by atoms with Crippen LogP contribution >= 0.6 is 22.9 Å². The predicted molar refractivity (Wildman–Crippen MR) is 79.4 cm³/mol. The molecule has 0 aliphatic carbocycles. The van der Waals surface area contributed by atoms with Crippen LogP contribution in [0.2, 0.25) is 5.02 Å². The Hall–Kier alpha value is -1.22. The molecule has 0 atom stereocenters. The van der Waals surface area contributed by atoms with Crippen molar-refractivity contribution in [3.63, 3.8) is 0 Å². The summed E-state index contributed by atoms with van der Waals surface area (Å²) in [5.41, 5.74) is 6.31. The minimum atomic E-state index is -3.64. The van der Waals surface area contributed by atoms with E-state index in [-0.39, 0.29) is 22.3 Å². The van der Waals surface area contributed by atoms with Gasteiger partial charge in [-0.2, -0.15) is 0 Å². The van der Waals surface area contributed by atoms with Gasteiger partial charge < -0.3 is 5.73 Å². The van der Waals surface area contributed by atoms with Gasteiger partial charge in [-0.15, -0.1) is 11.3 Å². The number of anilines is 1. The van der Waals surface area contributed by atoms with E-state index < -0.39 is 10.0 Å². The molecular weight excluding hydrogens is 320 g/mol. The van der Waals surface area contributed by atoms with Crippen LogP contribution in [0.25, 0.3) is 0 Å². The third-order valence-corrected chi connectivity index (χ3v) is 5.05. The highest BCUT2D eigenvalue weighted by molar-refractivity contribution is 7.89. The average Bonchev–Trinajstić information content (AvgIpc) is 2.78. The molecule has 0 spiro atoms. The number of aromatic nitrogens is 2. The molecule has 6 nitrogen and oxygen atoms in total. The molecule has 3 N–H and O–H groups in total. The normalized spacial score (nSPS) is 11.7. The van der Waals surface area contributed by atoms with Crippen LogP contribution in [-0.2, 0) is 16.4 Å². The predicted octanol–water partition coefficient (Wildman–Crippen LogP) is 1.60. The van der Waals surface area contributed by atoms with Crippen molar-refractivity contribution in [2.24, 2.45) is 0 Å². The molecule has 0 amide bonds. The van der Waals surface area contributed by atoms with Crippen LogP contribution in [0, 0.1) is 6.92 Å². The molecule has 2 rings (SSSR count). The van der Waals surface area contributed by atoms with Crippen LogP contribution in [0.5, 0.6) is 0 Å². The molecule has 9 heteroatoms. The summed E-state index contributed by atoms with van der Waals surface area (Å²) in [5.74, 6) is 0.101. The second-order valence-corrected chi connectivity index (χ2v) is 7.28. The minimum Gasteiger partial charge on any atom is -0.382 e. The number of sulfonamides is 1. The second-order valence-electron chi connectivity index (χ2n) is 4.04. The minimum absolute atomic E-state index is 0.00819. The summed E-state index contributed by atoms with van der Waals surface area (Å²) in [4.78, 5) is 7.98. The first-order valence-electron chi connectivity index (χ1n) is 5.70. The van der Waals surface area contributed by atoms with Crippen LogP contribution in [0.15, 0.2) is 22.5 Å². The van der Waals surface area contributed by atoms with Gasteiger partial charge in [0.25, 0.3) is 0 Å². The first kappa shape index (κ1) is 15.2. The third-order valence-electron chi connectivity index (χ3n) is 2.49. The number of nitrogens with one attached hydrogen (secondary N) is 1. The Balaban J connectivity index is 2.02. The van der Waals surface area contributed by atoms with Gasteiger partial charge in [0.15, 0.2) is 0 Å². The molecule has 0 saturated carbocycles. The summed E-state index contributed by atoms with van der Waals surface area (Å²) in [7, 11) is -3.64. The molecule has 0 aromatic carbocycles. The zero-order valence-corrected chi connectivity index (χ0v) is 13.0. The number of nitrogens with zero attached hydrogens (tertiary/aromatic N) is 2. The number of rotatable bonds is 5. The fourth-order valence-electron chi connectivity index (χ4n) is 1.50. The summed E-state index contributed by atoms with van der Waals surface area (Å²) in [6.45, 7) is 2.16. The molecule has 2 aromatic heterocycles. The Labute approximate surface area is 126 Å². The monoisotopic (exact) mass is 332 g/mol. The lowest BCUT2D eigenvalue weighted by molar-refractivity contribution is 0.581. The van der Waals surface area contributed by atoms with E-state index in [9.17, 15) is 8.42 Å². The second kappa shape index (κ2) is 6.04. The smallest absolute Gasteiger partial charge is 0.242 e. The lowest BCUT2D eigenvalue weighted by Gasteiger charge is -2.06. The van der Waals surface area contributed by atoms with Crippen molar-refractivity contribution in [3.8, 4) is 0 Å². The number of hydrogen-bond donors (Lipinski definition) is 2. The van der Waals surface area contributed by atoms with E-state index in [1.165, 1.54) is 23.6 Å². The summed E-state index contributed by atoms with van der Waals surface area (Å²) >= 11 is 7.30. The van der Waals surface area contributed by atoms with Crippen molar-refractivity contribution in [3.05, 3.63) is 33.4 Å².